The molecular weight excluding hydrogens is 180 g/mol. The largest absolute Gasteiger partial charge is 0.351 e. The molecule has 4 rings (SSSR count). The smallest absolute Gasteiger partial charge is 0.267 e. The van der Waals surface area contributed by atoms with E-state index in [4.69, 9.17) is 0 Å². The molecule has 0 aliphatic carbocycles. The normalized spacial score (nSPS) is 23.6. The Morgan fingerprint density at radius 1 is 1.14 bits per heavy atom. The molecule has 3 aliphatic heterocycles. The van der Waals surface area contributed by atoms with Crippen LogP contribution in [0.3, 0.4) is 0 Å². The topological polar surface area (TPSA) is 49.7 Å². The zero-order chi connectivity index (χ0) is 9.71. The van der Waals surface area contributed by atoms with Crippen LogP contribution in [0.1, 0.15) is 11.6 Å². The van der Waals surface area contributed by atoms with Crippen LogP contribution in [0.5, 0.6) is 0 Å². The van der Waals surface area contributed by atoms with Crippen LogP contribution >= 0.6 is 0 Å². The van der Waals surface area contributed by atoms with Gasteiger partial charge in [-0.2, -0.15) is 4.99 Å². The highest BCUT2D eigenvalue weighted by atomic mass is 16.2. The summed E-state index contributed by atoms with van der Waals surface area (Å²) in [5.74, 6) is -0.246. The summed E-state index contributed by atoms with van der Waals surface area (Å²) in [5.41, 5.74) is 1.32. The van der Waals surface area contributed by atoms with Crippen molar-refractivity contribution in [2.45, 2.75) is 6.04 Å². The van der Waals surface area contributed by atoms with Gasteiger partial charge in [0.05, 0.1) is 0 Å². The lowest BCUT2D eigenvalue weighted by Crippen LogP contribution is -2.50. The maximum absolute atomic E-state index is 11.2. The van der Waals surface area contributed by atoms with E-state index in [1.54, 1.807) is 0 Å². The molecule has 3 aliphatic rings. The molecule has 0 N–H and O–H groups in total. The number of aliphatic imine (C=N–C) groups is 1. The van der Waals surface area contributed by atoms with Crippen LogP contribution in [0.25, 0.3) is 0 Å². The second kappa shape index (κ2) is 2.29. The lowest BCUT2D eigenvalue weighted by Gasteiger charge is -2.31. The summed E-state index contributed by atoms with van der Waals surface area (Å²) in [7, 11) is 0. The van der Waals surface area contributed by atoms with Gasteiger partial charge in [0.1, 0.15) is 11.8 Å². The molecule has 0 saturated carbocycles. The molecule has 1 aromatic carbocycles. The van der Waals surface area contributed by atoms with Crippen LogP contribution in [0.4, 0.5) is 4.79 Å². The second-order valence-electron chi connectivity index (χ2n) is 3.27. The molecule has 1 aromatic rings. The minimum absolute atomic E-state index is 0.226. The monoisotopic (exact) mass is 186 g/mol. The van der Waals surface area contributed by atoms with Crippen molar-refractivity contribution in [3.05, 3.63) is 35.9 Å². The average Bonchev–Trinajstić information content (AvgIpc) is 2.70. The lowest BCUT2D eigenvalue weighted by atomic mass is 9.94. The van der Waals surface area contributed by atoms with Crippen LogP contribution in [-0.4, -0.2) is 22.5 Å². The molecule has 3 heterocycles. The quantitative estimate of drug-likeness (QED) is 0.617. The minimum Gasteiger partial charge on any atom is -0.267 e. The molecule has 2 bridgehead atoms. The maximum Gasteiger partial charge on any atom is 0.351 e. The summed E-state index contributed by atoms with van der Waals surface area (Å²) in [6.07, 6.45) is 0. The van der Waals surface area contributed by atoms with E-state index in [1.165, 1.54) is 4.90 Å². The number of carbonyl (C=O) groups is 2. The van der Waals surface area contributed by atoms with E-state index < -0.39 is 6.03 Å². The number of nitrogens with zero attached hydrogens (tertiary/aromatic N) is 2. The number of hydrogen-bond donors (Lipinski definition) is 0. The lowest BCUT2D eigenvalue weighted by molar-refractivity contribution is -0.125. The standard InChI is InChI=1S/C10H6N2O2/c13-9-7-8(12(9)10(14)11-7)6-4-2-1-3-5-6/h1-5,8H. The van der Waals surface area contributed by atoms with Crippen molar-refractivity contribution in [1.82, 2.24) is 4.90 Å². The number of carbonyl (C=O) groups excluding carboxylic acids is 2. The van der Waals surface area contributed by atoms with Crippen molar-refractivity contribution in [2.75, 3.05) is 0 Å². The number of benzene rings is 1. The number of β-lactam (4-membered cyclic amide) rings is 1. The van der Waals surface area contributed by atoms with E-state index in [0.717, 1.165) is 5.56 Å². The molecule has 4 nitrogen and oxygen atoms in total. The molecule has 4 heteroatoms. The van der Waals surface area contributed by atoms with Gasteiger partial charge in [-0.25, -0.2) is 9.69 Å². The molecule has 0 aromatic heterocycles. The predicted octanol–water partition coefficient (Wildman–Crippen LogP) is 1.14. The van der Waals surface area contributed by atoms with Gasteiger partial charge in [-0.1, -0.05) is 30.3 Å². The van der Waals surface area contributed by atoms with Gasteiger partial charge >= 0.3 is 6.03 Å². The highest BCUT2D eigenvalue weighted by molar-refractivity contribution is 6.54. The number of fused-ring (bicyclic) bond motifs is 1. The zero-order valence-corrected chi connectivity index (χ0v) is 7.18. The van der Waals surface area contributed by atoms with Crippen LogP contribution in [0.2, 0.25) is 0 Å². The van der Waals surface area contributed by atoms with Crippen molar-refractivity contribution < 1.29 is 9.59 Å². The molecule has 1 fully saturated rings. The highest BCUT2D eigenvalue weighted by Gasteiger charge is 2.54. The Morgan fingerprint density at radius 3 is 2.36 bits per heavy atom. The fraction of sp³-hybridized carbons (Fsp3) is 0.100. The first-order valence-electron chi connectivity index (χ1n) is 4.30. The zero-order valence-electron chi connectivity index (χ0n) is 7.18. The molecule has 1 atom stereocenters. The Bertz CT molecular complexity index is 456. The number of amides is 3. The SMILES string of the molecule is O=C1N=C2C(=O)N1C2c1ccccc1. The first-order valence-corrected chi connectivity index (χ1v) is 4.30. The molecule has 0 radical (unpaired) electrons. The first kappa shape index (κ1) is 7.44. The minimum atomic E-state index is -0.432. The van der Waals surface area contributed by atoms with Gasteiger partial charge in [-0.3, -0.25) is 4.79 Å². The molecule has 1 unspecified atom stereocenters. The van der Waals surface area contributed by atoms with Gasteiger partial charge in [-0.05, 0) is 5.56 Å². The summed E-state index contributed by atoms with van der Waals surface area (Å²) in [5, 5.41) is 0. The highest BCUT2D eigenvalue weighted by Crippen LogP contribution is 2.37. The fourth-order valence-electron chi connectivity index (χ4n) is 1.82. The molecular formula is C10H6N2O2. The van der Waals surface area contributed by atoms with Gasteiger partial charge in [0.25, 0.3) is 5.91 Å². The summed E-state index contributed by atoms with van der Waals surface area (Å²) < 4.78 is 0. The van der Waals surface area contributed by atoms with E-state index in [0.29, 0.717) is 5.71 Å². The average molecular weight is 186 g/mol. The van der Waals surface area contributed by atoms with Gasteiger partial charge in [0.15, 0.2) is 0 Å². The van der Waals surface area contributed by atoms with Crippen LogP contribution in [-0.2, 0) is 4.79 Å². The third-order valence-corrected chi connectivity index (χ3v) is 2.49. The number of hydrogen-bond acceptors (Lipinski definition) is 2. The van der Waals surface area contributed by atoms with Gasteiger partial charge in [-0.15, -0.1) is 0 Å². The second-order valence-corrected chi connectivity index (χ2v) is 3.27. The third kappa shape index (κ3) is 0.706. The van der Waals surface area contributed by atoms with Crippen molar-refractivity contribution >= 4 is 17.6 Å². The molecule has 1 saturated heterocycles. The van der Waals surface area contributed by atoms with E-state index in [1.807, 2.05) is 30.3 Å². The molecule has 68 valence electrons. The van der Waals surface area contributed by atoms with Crippen LogP contribution in [0, 0.1) is 0 Å². The predicted molar refractivity (Wildman–Crippen MR) is 48.9 cm³/mol. The summed E-state index contributed by atoms with van der Waals surface area (Å²) in [6, 6.07) is 8.77. The summed E-state index contributed by atoms with van der Waals surface area (Å²) in [6.45, 7) is 0. The van der Waals surface area contributed by atoms with E-state index >= 15 is 0 Å². The number of rotatable bonds is 1. The summed E-state index contributed by atoms with van der Waals surface area (Å²) >= 11 is 0. The third-order valence-electron chi connectivity index (χ3n) is 2.49. The Hall–Kier alpha value is -1.97. The number of imide groups is 1. The fourth-order valence-corrected chi connectivity index (χ4v) is 1.82. The molecule has 3 amide bonds. The van der Waals surface area contributed by atoms with E-state index in [-0.39, 0.29) is 11.9 Å². The van der Waals surface area contributed by atoms with Gasteiger partial charge in [0, 0.05) is 0 Å². The summed E-state index contributed by atoms with van der Waals surface area (Å²) in [4.78, 5) is 27.2. The van der Waals surface area contributed by atoms with Crippen LogP contribution < -0.4 is 0 Å². The Morgan fingerprint density at radius 2 is 1.86 bits per heavy atom. The van der Waals surface area contributed by atoms with Gasteiger partial charge in [0.2, 0.25) is 0 Å². The van der Waals surface area contributed by atoms with E-state index in [2.05, 4.69) is 4.99 Å². The molecule has 14 heavy (non-hydrogen) atoms. The number of urea groups is 1. The Kier molecular flexibility index (Phi) is 1.21. The molecule has 0 spiro atoms. The maximum atomic E-state index is 11.2. The van der Waals surface area contributed by atoms with E-state index in [9.17, 15) is 9.59 Å². The van der Waals surface area contributed by atoms with Gasteiger partial charge < -0.3 is 0 Å². The van der Waals surface area contributed by atoms with Crippen molar-refractivity contribution in [3.8, 4) is 0 Å². The Labute approximate surface area is 79.9 Å². The first-order chi connectivity index (χ1) is 6.79. The van der Waals surface area contributed by atoms with Crippen molar-refractivity contribution in [1.29, 1.82) is 0 Å². The van der Waals surface area contributed by atoms with Crippen molar-refractivity contribution in [3.63, 3.8) is 0 Å². The van der Waals surface area contributed by atoms with Crippen LogP contribution in [0.15, 0.2) is 35.3 Å². The van der Waals surface area contributed by atoms with Crippen molar-refractivity contribution in [2.24, 2.45) is 4.99 Å². The Balaban J connectivity index is 2.03.